The molecular formula is C9H18N2. The van der Waals surface area contributed by atoms with E-state index in [1.165, 1.54) is 19.4 Å². The number of likely N-dealkylation sites (tertiary alicyclic amines) is 1. The molecule has 2 heteroatoms. The first kappa shape index (κ1) is 8.75. The van der Waals surface area contributed by atoms with Crippen LogP contribution in [0.4, 0.5) is 0 Å². The molecule has 0 aromatic carbocycles. The molecule has 64 valence electrons. The highest BCUT2D eigenvalue weighted by molar-refractivity contribution is 4.84. The largest absolute Gasteiger partial charge is 0.330 e. The molecule has 2 N–H and O–H groups in total. The molecule has 1 heterocycles. The van der Waals surface area contributed by atoms with Gasteiger partial charge in [-0.2, -0.15) is 0 Å². The third-order valence-electron chi connectivity index (χ3n) is 2.36. The van der Waals surface area contributed by atoms with E-state index in [0.717, 1.165) is 25.6 Å². The Morgan fingerprint density at radius 2 is 2.45 bits per heavy atom. The third-order valence-corrected chi connectivity index (χ3v) is 2.36. The molecule has 0 amide bonds. The standard InChI is InChI=1S/C9H18N2/c1-2-7-11-8-3-4-9(11)5-6-10/h2,9H,1,3-8,10H2. The van der Waals surface area contributed by atoms with Gasteiger partial charge < -0.3 is 5.73 Å². The quantitative estimate of drug-likeness (QED) is 0.612. The molecule has 1 aliphatic heterocycles. The van der Waals surface area contributed by atoms with Gasteiger partial charge in [-0.15, -0.1) is 6.58 Å². The van der Waals surface area contributed by atoms with E-state index in [-0.39, 0.29) is 0 Å². The molecule has 1 atom stereocenters. The molecular weight excluding hydrogens is 136 g/mol. The summed E-state index contributed by atoms with van der Waals surface area (Å²) in [6, 6.07) is 0.734. The van der Waals surface area contributed by atoms with E-state index in [2.05, 4.69) is 11.5 Å². The fourth-order valence-corrected chi connectivity index (χ4v) is 1.82. The van der Waals surface area contributed by atoms with Gasteiger partial charge in [-0.3, -0.25) is 4.90 Å². The highest BCUT2D eigenvalue weighted by Crippen LogP contribution is 2.18. The van der Waals surface area contributed by atoms with Gasteiger partial charge in [0, 0.05) is 12.6 Å². The second kappa shape index (κ2) is 4.52. The zero-order valence-electron chi connectivity index (χ0n) is 7.13. The average Bonchev–Trinajstić information content (AvgIpc) is 2.39. The van der Waals surface area contributed by atoms with Gasteiger partial charge in [0.25, 0.3) is 0 Å². The second-order valence-electron chi connectivity index (χ2n) is 3.16. The maximum absolute atomic E-state index is 5.51. The van der Waals surface area contributed by atoms with Crippen LogP contribution in [0.3, 0.4) is 0 Å². The zero-order valence-corrected chi connectivity index (χ0v) is 7.13. The first-order valence-electron chi connectivity index (χ1n) is 4.43. The Morgan fingerprint density at radius 3 is 3.09 bits per heavy atom. The molecule has 0 aromatic heterocycles. The first-order valence-corrected chi connectivity index (χ1v) is 4.43. The van der Waals surface area contributed by atoms with E-state index < -0.39 is 0 Å². The molecule has 0 aromatic rings. The first-order chi connectivity index (χ1) is 5.38. The molecule has 1 unspecified atom stereocenters. The van der Waals surface area contributed by atoms with E-state index in [9.17, 15) is 0 Å². The zero-order chi connectivity index (χ0) is 8.10. The molecule has 0 radical (unpaired) electrons. The van der Waals surface area contributed by atoms with Gasteiger partial charge in [0.2, 0.25) is 0 Å². The van der Waals surface area contributed by atoms with Crippen molar-refractivity contribution in [3.8, 4) is 0 Å². The predicted molar refractivity (Wildman–Crippen MR) is 48.5 cm³/mol. The van der Waals surface area contributed by atoms with Crippen LogP contribution in [0.1, 0.15) is 19.3 Å². The van der Waals surface area contributed by atoms with Crippen molar-refractivity contribution in [1.29, 1.82) is 0 Å². The van der Waals surface area contributed by atoms with Crippen molar-refractivity contribution in [2.24, 2.45) is 5.73 Å². The molecule has 1 saturated heterocycles. The summed E-state index contributed by atoms with van der Waals surface area (Å²) in [5, 5.41) is 0. The highest BCUT2D eigenvalue weighted by Gasteiger charge is 2.21. The molecule has 0 saturated carbocycles. The third kappa shape index (κ3) is 2.31. The van der Waals surface area contributed by atoms with Crippen LogP contribution in [0.15, 0.2) is 12.7 Å². The van der Waals surface area contributed by atoms with Crippen molar-refractivity contribution >= 4 is 0 Å². The summed E-state index contributed by atoms with van der Waals surface area (Å²) in [6.07, 6.45) is 5.78. The van der Waals surface area contributed by atoms with E-state index in [1.807, 2.05) is 6.08 Å². The van der Waals surface area contributed by atoms with Crippen LogP contribution in [0, 0.1) is 0 Å². The monoisotopic (exact) mass is 154 g/mol. The molecule has 0 spiro atoms. The van der Waals surface area contributed by atoms with Crippen LogP contribution in [0.5, 0.6) is 0 Å². The van der Waals surface area contributed by atoms with Gasteiger partial charge in [0.05, 0.1) is 0 Å². The fourth-order valence-electron chi connectivity index (χ4n) is 1.82. The van der Waals surface area contributed by atoms with E-state index in [4.69, 9.17) is 5.73 Å². The van der Waals surface area contributed by atoms with Crippen molar-refractivity contribution in [3.05, 3.63) is 12.7 Å². The summed E-state index contributed by atoms with van der Waals surface area (Å²) in [5.74, 6) is 0. The number of hydrogen-bond donors (Lipinski definition) is 1. The molecule has 1 aliphatic rings. The molecule has 11 heavy (non-hydrogen) atoms. The van der Waals surface area contributed by atoms with Crippen molar-refractivity contribution in [1.82, 2.24) is 4.90 Å². The Labute approximate surface area is 69.1 Å². The summed E-state index contributed by atoms with van der Waals surface area (Å²) in [5.41, 5.74) is 5.51. The maximum atomic E-state index is 5.51. The van der Waals surface area contributed by atoms with Crippen molar-refractivity contribution in [3.63, 3.8) is 0 Å². The van der Waals surface area contributed by atoms with Gasteiger partial charge in [-0.05, 0) is 32.4 Å². The fraction of sp³-hybridized carbons (Fsp3) is 0.778. The average molecular weight is 154 g/mol. The maximum Gasteiger partial charge on any atom is 0.0163 e. The topological polar surface area (TPSA) is 29.3 Å². The lowest BCUT2D eigenvalue weighted by atomic mass is 10.1. The lowest BCUT2D eigenvalue weighted by molar-refractivity contribution is 0.271. The molecule has 1 fully saturated rings. The lowest BCUT2D eigenvalue weighted by Crippen LogP contribution is -2.31. The van der Waals surface area contributed by atoms with Gasteiger partial charge in [0.15, 0.2) is 0 Å². The summed E-state index contributed by atoms with van der Waals surface area (Å²) in [4.78, 5) is 2.47. The summed E-state index contributed by atoms with van der Waals surface area (Å²) >= 11 is 0. The summed E-state index contributed by atoms with van der Waals surface area (Å²) in [7, 11) is 0. The predicted octanol–water partition coefficient (Wildman–Crippen LogP) is 0.986. The van der Waals surface area contributed by atoms with Gasteiger partial charge in [-0.1, -0.05) is 6.08 Å². The Kier molecular flexibility index (Phi) is 3.60. The SMILES string of the molecule is C=CCN1CCCC1CCN. The Balaban J connectivity index is 2.31. The van der Waals surface area contributed by atoms with Crippen LogP contribution in [0.25, 0.3) is 0 Å². The molecule has 0 aliphatic carbocycles. The smallest absolute Gasteiger partial charge is 0.0163 e. The minimum atomic E-state index is 0.734. The molecule has 0 bridgehead atoms. The summed E-state index contributed by atoms with van der Waals surface area (Å²) in [6.45, 7) is 6.83. The Hall–Kier alpha value is -0.340. The van der Waals surface area contributed by atoms with Crippen LogP contribution in [-0.4, -0.2) is 30.6 Å². The Bertz CT molecular complexity index is 123. The number of nitrogens with zero attached hydrogens (tertiary/aromatic N) is 1. The van der Waals surface area contributed by atoms with Crippen molar-refractivity contribution in [2.75, 3.05) is 19.6 Å². The second-order valence-corrected chi connectivity index (χ2v) is 3.16. The number of nitrogens with two attached hydrogens (primary N) is 1. The highest BCUT2D eigenvalue weighted by atomic mass is 15.2. The van der Waals surface area contributed by atoms with Crippen LogP contribution < -0.4 is 5.73 Å². The Morgan fingerprint density at radius 1 is 1.64 bits per heavy atom. The summed E-state index contributed by atoms with van der Waals surface area (Å²) < 4.78 is 0. The molecule has 2 nitrogen and oxygen atoms in total. The number of hydrogen-bond acceptors (Lipinski definition) is 2. The minimum absolute atomic E-state index is 0.734. The van der Waals surface area contributed by atoms with Crippen LogP contribution >= 0.6 is 0 Å². The van der Waals surface area contributed by atoms with Crippen LogP contribution in [-0.2, 0) is 0 Å². The van der Waals surface area contributed by atoms with Gasteiger partial charge in [0.1, 0.15) is 0 Å². The van der Waals surface area contributed by atoms with Crippen LogP contribution in [0.2, 0.25) is 0 Å². The van der Waals surface area contributed by atoms with Gasteiger partial charge >= 0.3 is 0 Å². The van der Waals surface area contributed by atoms with E-state index in [1.54, 1.807) is 0 Å². The van der Waals surface area contributed by atoms with Gasteiger partial charge in [-0.25, -0.2) is 0 Å². The lowest BCUT2D eigenvalue weighted by Gasteiger charge is -2.21. The normalized spacial score (nSPS) is 25.7. The van der Waals surface area contributed by atoms with Crippen molar-refractivity contribution < 1.29 is 0 Å². The van der Waals surface area contributed by atoms with E-state index >= 15 is 0 Å². The molecule has 1 rings (SSSR count). The van der Waals surface area contributed by atoms with E-state index in [0.29, 0.717) is 0 Å². The van der Waals surface area contributed by atoms with Crippen molar-refractivity contribution in [2.45, 2.75) is 25.3 Å². The number of rotatable bonds is 4. The minimum Gasteiger partial charge on any atom is -0.330 e.